The fourth-order valence-electron chi connectivity index (χ4n) is 3.97. The summed E-state index contributed by atoms with van der Waals surface area (Å²) in [7, 11) is 4.02. The van der Waals surface area contributed by atoms with Crippen LogP contribution in [0.25, 0.3) is 0 Å². The van der Waals surface area contributed by atoms with Crippen molar-refractivity contribution >= 4 is 11.7 Å². The minimum Gasteiger partial charge on any atom is -0.378 e. The van der Waals surface area contributed by atoms with Gasteiger partial charge in [0, 0.05) is 32.2 Å². The number of carbonyl (C=O) groups is 1. The lowest BCUT2D eigenvalue weighted by Gasteiger charge is -2.42. The van der Waals surface area contributed by atoms with Crippen molar-refractivity contribution in [1.29, 1.82) is 0 Å². The number of ether oxygens (including phenoxy) is 2. The summed E-state index contributed by atoms with van der Waals surface area (Å²) >= 11 is 0. The minimum absolute atomic E-state index is 0.119. The van der Waals surface area contributed by atoms with Crippen LogP contribution in [0.1, 0.15) is 22.2 Å². The first-order valence-corrected chi connectivity index (χ1v) is 10.0. The number of benzene rings is 1. The molecule has 2 atom stereocenters. The van der Waals surface area contributed by atoms with Crippen molar-refractivity contribution in [3.8, 4) is 0 Å². The summed E-state index contributed by atoms with van der Waals surface area (Å²) in [6.07, 6.45) is -0.119. The number of amides is 1. The number of likely N-dealkylation sites (N-methyl/N-ethyl adjacent to an activating group) is 1. The molecular weight excluding hydrogens is 372 g/mol. The van der Waals surface area contributed by atoms with Crippen LogP contribution in [0.3, 0.4) is 0 Å². The third-order valence-corrected chi connectivity index (χ3v) is 5.34. The van der Waals surface area contributed by atoms with Crippen LogP contribution < -0.4 is 4.90 Å². The molecule has 2 aromatic rings. The summed E-state index contributed by atoms with van der Waals surface area (Å²) in [5.74, 6) is 0.793. The maximum absolute atomic E-state index is 13.4. The van der Waals surface area contributed by atoms with Crippen LogP contribution in [-0.4, -0.2) is 87.1 Å². The van der Waals surface area contributed by atoms with Crippen molar-refractivity contribution in [3.05, 3.63) is 47.7 Å². The molecule has 2 aliphatic rings. The molecule has 0 aliphatic carbocycles. The first-order valence-electron chi connectivity index (χ1n) is 10.0. The van der Waals surface area contributed by atoms with E-state index in [1.54, 1.807) is 6.07 Å². The summed E-state index contributed by atoms with van der Waals surface area (Å²) in [5.41, 5.74) is 1.06. The maximum Gasteiger partial charge on any atom is 0.293 e. The Balaban J connectivity index is 1.59. The van der Waals surface area contributed by atoms with E-state index in [9.17, 15) is 4.79 Å². The zero-order chi connectivity index (χ0) is 20.2. The van der Waals surface area contributed by atoms with E-state index in [0.29, 0.717) is 32.2 Å². The number of nitrogens with zero attached hydrogens (tertiary/aromatic N) is 4. The fraction of sp³-hybridized carbons (Fsp3) is 0.524. The highest BCUT2D eigenvalue weighted by atomic mass is 16.5. The van der Waals surface area contributed by atoms with Crippen molar-refractivity contribution in [1.82, 2.24) is 15.0 Å². The van der Waals surface area contributed by atoms with Gasteiger partial charge in [0.1, 0.15) is 0 Å². The monoisotopic (exact) mass is 400 g/mol. The Bertz CT molecular complexity index is 804. The van der Waals surface area contributed by atoms with Crippen LogP contribution >= 0.6 is 0 Å². The molecule has 0 N–H and O–H groups in total. The molecule has 0 unspecified atom stereocenters. The van der Waals surface area contributed by atoms with Gasteiger partial charge in [0.05, 0.1) is 32.0 Å². The number of hydrogen-bond acceptors (Lipinski definition) is 7. The average molecular weight is 400 g/mol. The smallest absolute Gasteiger partial charge is 0.293 e. The Labute approximate surface area is 170 Å². The van der Waals surface area contributed by atoms with E-state index in [-0.39, 0.29) is 23.8 Å². The predicted octanol–water partition coefficient (Wildman–Crippen LogP) is 1.66. The predicted molar refractivity (Wildman–Crippen MR) is 108 cm³/mol. The van der Waals surface area contributed by atoms with E-state index in [0.717, 1.165) is 25.2 Å². The number of aromatic nitrogens is 1. The SMILES string of the molecule is CN(C)C[C@@H]1OCCN(C(=O)c2cc(N3CCOCC3)no2)[C@H]1c1ccccc1. The average Bonchev–Trinajstić information content (AvgIpc) is 3.24. The molecule has 0 radical (unpaired) electrons. The summed E-state index contributed by atoms with van der Waals surface area (Å²) in [5, 5.41) is 4.13. The van der Waals surface area contributed by atoms with Crippen molar-refractivity contribution < 1.29 is 18.8 Å². The highest BCUT2D eigenvalue weighted by molar-refractivity contribution is 5.92. The fourth-order valence-corrected chi connectivity index (χ4v) is 3.97. The Kier molecular flexibility index (Phi) is 6.13. The van der Waals surface area contributed by atoms with E-state index in [1.807, 2.05) is 49.3 Å². The van der Waals surface area contributed by atoms with Crippen LogP contribution in [-0.2, 0) is 9.47 Å². The number of morpholine rings is 2. The first kappa shape index (κ1) is 19.9. The highest BCUT2D eigenvalue weighted by Gasteiger charge is 2.38. The van der Waals surface area contributed by atoms with E-state index >= 15 is 0 Å². The van der Waals surface area contributed by atoms with Gasteiger partial charge in [-0.05, 0) is 19.7 Å². The van der Waals surface area contributed by atoms with Gasteiger partial charge in [0.2, 0.25) is 5.76 Å². The van der Waals surface area contributed by atoms with E-state index < -0.39 is 0 Å². The van der Waals surface area contributed by atoms with Crippen molar-refractivity contribution in [2.75, 3.05) is 65.0 Å². The van der Waals surface area contributed by atoms with Gasteiger partial charge in [0.15, 0.2) is 5.82 Å². The lowest BCUT2D eigenvalue weighted by atomic mass is 9.97. The summed E-state index contributed by atoms with van der Waals surface area (Å²) in [6, 6.07) is 11.6. The molecule has 29 heavy (non-hydrogen) atoms. The maximum atomic E-state index is 13.4. The van der Waals surface area contributed by atoms with E-state index in [2.05, 4.69) is 15.0 Å². The van der Waals surface area contributed by atoms with Gasteiger partial charge in [-0.25, -0.2) is 0 Å². The molecule has 1 aromatic carbocycles. The van der Waals surface area contributed by atoms with Crippen molar-refractivity contribution in [3.63, 3.8) is 0 Å². The normalized spacial score (nSPS) is 22.9. The standard InChI is InChI=1S/C21H28N4O4/c1-23(2)15-18-20(16-6-4-3-5-7-16)25(10-13-28-18)21(26)17-14-19(22-29-17)24-8-11-27-12-9-24/h3-7,14,18,20H,8-13,15H2,1-2H3/t18-,20-/m0/s1. The molecule has 8 nitrogen and oxygen atoms in total. The largest absolute Gasteiger partial charge is 0.378 e. The second-order valence-electron chi connectivity index (χ2n) is 7.67. The van der Waals surface area contributed by atoms with E-state index in [1.165, 1.54) is 0 Å². The van der Waals surface area contributed by atoms with Crippen LogP contribution in [0.4, 0.5) is 5.82 Å². The molecule has 2 saturated heterocycles. The molecule has 0 saturated carbocycles. The molecule has 2 fully saturated rings. The molecule has 8 heteroatoms. The van der Waals surface area contributed by atoms with Crippen LogP contribution in [0, 0.1) is 0 Å². The molecule has 0 bridgehead atoms. The summed E-state index contributed by atoms with van der Waals surface area (Å²) in [4.78, 5) is 19.4. The second-order valence-corrected chi connectivity index (χ2v) is 7.67. The zero-order valence-corrected chi connectivity index (χ0v) is 17.0. The molecule has 4 rings (SSSR count). The first-order chi connectivity index (χ1) is 14.1. The molecule has 2 aliphatic heterocycles. The van der Waals surface area contributed by atoms with Gasteiger partial charge in [0.25, 0.3) is 5.91 Å². The Morgan fingerprint density at radius 1 is 1.14 bits per heavy atom. The van der Waals surface area contributed by atoms with Gasteiger partial charge in [-0.1, -0.05) is 35.5 Å². The number of rotatable bonds is 5. The molecule has 3 heterocycles. The summed E-state index contributed by atoms with van der Waals surface area (Å²) < 4.78 is 16.9. The second kappa shape index (κ2) is 8.94. The van der Waals surface area contributed by atoms with Gasteiger partial charge < -0.3 is 28.7 Å². The third-order valence-electron chi connectivity index (χ3n) is 5.34. The van der Waals surface area contributed by atoms with Crippen LogP contribution in [0.15, 0.2) is 40.9 Å². The summed E-state index contributed by atoms with van der Waals surface area (Å²) in [6.45, 7) is 4.53. The van der Waals surface area contributed by atoms with Gasteiger partial charge in [-0.3, -0.25) is 4.79 Å². The quantitative estimate of drug-likeness (QED) is 0.756. The number of anilines is 1. The molecule has 1 amide bonds. The molecular formula is C21H28N4O4. The Morgan fingerprint density at radius 2 is 1.90 bits per heavy atom. The van der Waals surface area contributed by atoms with Gasteiger partial charge in [-0.2, -0.15) is 0 Å². The zero-order valence-electron chi connectivity index (χ0n) is 17.0. The highest BCUT2D eigenvalue weighted by Crippen LogP contribution is 2.32. The Hall–Kier alpha value is -2.42. The van der Waals surface area contributed by atoms with Gasteiger partial charge in [-0.15, -0.1) is 0 Å². The topological polar surface area (TPSA) is 71.3 Å². The van der Waals surface area contributed by atoms with E-state index in [4.69, 9.17) is 14.0 Å². The van der Waals surface area contributed by atoms with Crippen LogP contribution in [0.5, 0.6) is 0 Å². The van der Waals surface area contributed by atoms with Crippen molar-refractivity contribution in [2.24, 2.45) is 0 Å². The van der Waals surface area contributed by atoms with Crippen LogP contribution in [0.2, 0.25) is 0 Å². The lowest BCUT2D eigenvalue weighted by molar-refractivity contribution is -0.0693. The Morgan fingerprint density at radius 3 is 2.62 bits per heavy atom. The van der Waals surface area contributed by atoms with Crippen molar-refractivity contribution in [2.45, 2.75) is 12.1 Å². The third kappa shape index (κ3) is 4.44. The number of hydrogen-bond donors (Lipinski definition) is 0. The molecule has 156 valence electrons. The molecule has 0 spiro atoms. The molecule has 1 aromatic heterocycles. The number of carbonyl (C=O) groups excluding carboxylic acids is 1. The van der Waals surface area contributed by atoms with Gasteiger partial charge >= 0.3 is 0 Å². The minimum atomic E-state index is -0.184. The lowest BCUT2D eigenvalue weighted by Crippen LogP contribution is -2.51.